The molecule has 0 spiro atoms. The minimum atomic E-state index is -0.324. The molecule has 0 saturated carbocycles. The molecule has 22 heavy (non-hydrogen) atoms. The molecule has 0 unspecified atom stereocenters. The fourth-order valence-electron chi connectivity index (χ4n) is 2.13. The summed E-state index contributed by atoms with van der Waals surface area (Å²) in [7, 11) is 1.34. The molecule has 0 bridgehead atoms. The van der Waals surface area contributed by atoms with Crippen LogP contribution in [0, 0.1) is 5.82 Å². The maximum absolute atomic E-state index is 12.9. The van der Waals surface area contributed by atoms with Gasteiger partial charge >= 0.3 is 5.97 Å². The highest BCUT2D eigenvalue weighted by Crippen LogP contribution is 2.08. The first kappa shape index (κ1) is 18.1. The van der Waals surface area contributed by atoms with Crippen molar-refractivity contribution in [2.75, 3.05) is 20.2 Å². The number of nitrogens with zero attached hydrogens (tertiary/aromatic N) is 1. The fourth-order valence-corrected chi connectivity index (χ4v) is 2.13. The summed E-state index contributed by atoms with van der Waals surface area (Å²) < 4.78 is 17.5. The molecule has 5 heteroatoms. The molecule has 0 fully saturated rings. The van der Waals surface area contributed by atoms with Gasteiger partial charge in [0.1, 0.15) is 5.82 Å². The van der Waals surface area contributed by atoms with Crippen molar-refractivity contribution in [3.63, 3.8) is 0 Å². The van der Waals surface area contributed by atoms with Crippen LogP contribution in [0.25, 0.3) is 0 Å². The van der Waals surface area contributed by atoms with Gasteiger partial charge in [-0.05, 0) is 24.1 Å². The van der Waals surface area contributed by atoms with Crippen LogP contribution in [0.3, 0.4) is 0 Å². The third kappa shape index (κ3) is 6.70. The molecule has 1 aromatic carbocycles. The van der Waals surface area contributed by atoms with E-state index in [2.05, 4.69) is 11.7 Å². The van der Waals surface area contributed by atoms with Gasteiger partial charge in [-0.25, -0.2) is 4.39 Å². The van der Waals surface area contributed by atoms with Gasteiger partial charge in [0.15, 0.2) is 0 Å². The largest absolute Gasteiger partial charge is 0.469 e. The molecular formula is C17H24FNO3. The lowest BCUT2D eigenvalue weighted by Crippen LogP contribution is -2.35. The van der Waals surface area contributed by atoms with E-state index in [0.717, 1.165) is 24.8 Å². The average molecular weight is 309 g/mol. The molecule has 1 aromatic rings. The molecule has 0 atom stereocenters. The number of amides is 1. The Balaban J connectivity index is 2.60. The number of hydrogen-bond acceptors (Lipinski definition) is 3. The third-order valence-corrected chi connectivity index (χ3v) is 3.47. The number of hydrogen-bond donors (Lipinski definition) is 0. The summed E-state index contributed by atoms with van der Waals surface area (Å²) in [6.07, 6.45) is 3.42. The maximum Gasteiger partial charge on any atom is 0.307 e. The van der Waals surface area contributed by atoms with Crippen LogP contribution in [0.4, 0.5) is 4.39 Å². The number of esters is 1. The second-order valence-electron chi connectivity index (χ2n) is 5.22. The van der Waals surface area contributed by atoms with Crippen LogP contribution in [-0.2, 0) is 20.7 Å². The molecule has 122 valence electrons. The molecule has 0 aliphatic rings. The zero-order valence-electron chi connectivity index (χ0n) is 13.3. The minimum Gasteiger partial charge on any atom is -0.469 e. The Morgan fingerprint density at radius 3 is 2.41 bits per heavy atom. The predicted octanol–water partition coefficient (Wildman–Crippen LogP) is 2.95. The van der Waals surface area contributed by atoms with Crippen LogP contribution in [0.15, 0.2) is 24.3 Å². The van der Waals surface area contributed by atoms with E-state index in [9.17, 15) is 14.0 Å². The van der Waals surface area contributed by atoms with Crippen LogP contribution < -0.4 is 0 Å². The third-order valence-electron chi connectivity index (χ3n) is 3.47. The topological polar surface area (TPSA) is 46.6 Å². The molecule has 1 rings (SSSR count). The Hall–Kier alpha value is -1.91. The molecule has 0 aromatic heterocycles. The smallest absolute Gasteiger partial charge is 0.307 e. The molecule has 4 nitrogen and oxygen atoms in total. The van der Waals surface area contributed by atoms with Gasteiger partial charge in [0.25, 0.3) is 0 Å². The first-order chi connectivity index (χ1) is 10.6. The molecule has 0 radical (unpaired) electrons. The lowest BCUT2D eigenvalue weighted by molar-refractivity contribution is -0.141. The molecule has 1 amide bonds. The Labute approximate surface area is 131 Å². The number of rotatable bonds is 9. The summed E-state index contributed by atoms with van der Waals surface area (Å²) in [6.45, 7) is 3.08. The molecule has 0 saturated heterocycles. The van der Waals surface area contributed by atoms with Gasteiger partial charge in [-0.2, -0.15) is 0 Å². The van der Waals surface area contributed by atoms with Crippen LogP contribution in [0.5, 0.6) is 0 Å². The fraction of sp³-hybridized carbons (Fsp3) is 0.529. The van der Waals surface area contributed by atoms with Gasteiger partial charge in [-0.1, -0.05) is 31.9 Å². The number of methoxy groups -OCH3 is 1. The van der Waals surface area contributed by atoms with Gasteiger partial charge in [-0.3, -0.25) is 9.59 Å². The van der Waals surface area contributed by atoms with Crippen LogP contribution in [0.1, 0.15) is 38.2 Å². The van der Waals surface area contributed by atoms with Gasteiger partial charge < -0.3 is 9.64 Å². The number of carbonyl (C=O) groups is 2. The Morgan fingerprint density at radius 2 is 1.82 bits per heavy atom. The minimum absolute atomic E-state index is 0.0494. The van der Waals surface area contributed by atoms with Crippen molar-refractivity contribution in [2.45, 2.75) is 39.0 Å². The van der Waals surface area contributed by atoms with E-state index in [0.29, 0.717) is 13.1 Å². The molecule has 0 heterocycles. The van der Waals surface area contributed by atoms with Gasteiger partial charge in [0, 0.05) is 13.1 Å². The second-order valence-corrected chi connectivity index (χ2v) is 5.22. The van der Waals surface area contributed by atoms with Crippen molar-refractivity contribution in [3.8, 4) is 0 Å². The summed E-state index contributed by atoms with van der Waals surface area (Å²) in [5.74, 6) is -0.691. The van der Waals surface area contributed by atoms with Crippen molar-refractivity contribution in [3.05, 3.63) is 35.6 Å². The summed E-state index contributed by atoms with van der Waals surface area (Å²) in [5, 5.41) is 0. The average Bonchev–Trinajstić information content (AvgIpc) is 2.52. The first-order valence-electron chi connectivity index (χ1n) is 7.65. The second kappa shape index (κ2) is 9.92. The summed E-state index contributed by atoms with van der Waals surface area (Å²) in [6, 6.07) is 5.91. The van der Waals surface area contributed by atoms with E-state index in [1.54, 1.807) is 17.0 Å². The highest BCUT2D eigenvalue weighted by Gasteiger charge is 2.15. The van der Waals surface area contributed by atoms with Crippen LogP contribution in [0.2, 0.25) is 0 Å². The summed E-state index contributed by atoms with van der Waals surface area (Å²) in [4.78, 5) is 25.3. The lowest BCUT2D eigenvalue weighted by atomic mass is 10.1. The quantitative estimate of drug-likeness (QED) is 0.520. The SMILES string of the molecule is CCCCCN(CCC(=O)OC)C(=O)Cc1ccc(F)cc1. The number of benzene rings is 1. The van der Waals surface area contributed by atoms with E-state index in [4.69, 9.17) is 0 Å². The molecule has 0 aliphatic heterocycles. The zero-order valence-corrected chi connectivity index (χ0v) is 13.3. The number of carbonyl (C=O) groups excluding carboxylic acids is 2. The van der Waals surface area contributed by atoms with Gasteiger partial charge in [-0.15, -0.1) is 0 Å². The first-order valence-corrected chi connectivity index (χ1v) is 7.65. The Morgan fingerprint density at radius 1 is 1.14 bits per heavy atom. The highest BCUT2D eigenvalue weighted by molar-refractivity contribution is 5.79. The molecule has 0 aliphatic carbocycles. The van der Waals surface area contributed by atoms with Crippen molar-refractivity contribution in [1.29, 1.82) is 0 Å². The van der Waals surface area contributed by atoms with Gasteiger partial charge in [0.2, 0.25) is 5.91 Å². The Kier molecular flexibility index (Phi) is 8.18. The van der Waals surface area contributed by atoms with E-state index in [1.807, 2.05) is 0 Å². The summed E-state index contributed by atoms with van der Waals surface area (Å²) in [5.41, 5.74) is 0.768. The molecular weight excluding hydrogens is 285 g/mol. The maximum atomic E-state index is 12.9. The van der Waals surface area contributed by atoms with Crippen LogP contribution in [-0.4, -0.2) is 37.0 Å². The van der Waals surface area contributed by atoms with Crippen molar-refractivity contribution in [2.24, 2.45) is 0 Å². The standard InChI is InChI=1S/C17H24FNO3/c1-3-4-5-11-19(12-10-17(21)22-2)16(20)13-14-6-8-15(18)9-7-14/h6-9H,3-5,10-13H2,1-2H3. The molecule has 0 N–H and O–H groups in total. The van der Waals surface area contributed by atoms with Crippen molar-refractivity contribution < 1.29 is 18.7 Å². The van der Waals surface area contributed by atoms with E-state index in [-0.39, 0.29) is 30.5 Å². The van der Waals surface area contributed by atoms with Crippen molar-refractivity contribution in [1.82, 2.24) is 4.90 Å². The highest BCUT2D eigenvalue weighted by atomic mass is 19.1. The number of unbranched alkanes of at least 4 members (excludes halogenated alkanes) is 2. The van der Waals surface area contributed by atoms with Gasteiger partial charge in [0.05, 0.1) is 20.0 Å². The number of ether oxygens (including phenoxy) is 1. The summed E-state index contributed by atoms with van der Waals surface area (Å²) >= 11 is 0. The number of halogens is 1. The normalized spacial score (nSPS) is 10.3. The van der Waals surface area contributed by atoms with E-state index < -0.39 is 0 Å². The Bertz CT molecular complexity index is 473. The lowest BCUT2D eigenvalue weighted by Gasteiger charge is -2.22. The van der Waals surface area contributed by atoms with Crippen molar-refractivity contribution >= 4 is 11.9 Å². The van der Waals surface area contributed by atoms with E-state index >= 15 is 0 Å². The van der Waals surface area contributed by atoms with Crippen LogP contribution >= 0.6 is 0 Å². The monoisotopic (exact) mass is 309 g/mol. The predicted molar refractivity (Wildman–Crippen MR) is 82.8 cm³/mol. The zero-order chi connectivity index (χ0) is 16.4. The van der Waals surface area contributed by atoms with E-state index in [1.165, 1.54) is 19.2 Å².